The standard InChI is InChI=1S/C14H19N3O/c1-10-16-13(9-15-2)14(17(10)3)11-6-5-7-12(8-11)18-4/h5-8,15H,9H2,1-4H3. The molecule has 1 N–H and O–H groups in total. The van der Waals surface area contributed by atoms with Crippen LogP contribution >= 0.6 is 0 Å². The highest BCUT2D eigenvalue weighted by Gasteiger charge is 2.13. The number of methoxy groups -OCH3 is 1. The van der Waals surface area contributed by atoms with Gasteiger partial charge in [-0.3, -0.25) is 0 Å². The Morgan fingerprint density at radius 1 is 1.39 bits per heavy atom. The number of nitrogens with one attached hydrogen (secondary N) is 1. The van der Waals surface area contributed by atoms with Crippen molar-refractivity contribution in [3.8, 4) is 17.0 Å². The molecule has 0 radical (unpaired) electrons. The van der Waals surface area contributed by atoms with Crippen LogP contribution in [-0.4, -0.2) is 23.7 Å². The molecule has 0 saturated carbocycles. The van der Waals surface area contributed by atoms with E-state index in [0.29, 0.717) is 0 Å². The van der Waals surface area contributed by atoms with Gasteiger partial charge in [0.25, 0.3) is 0 Å². The lowest BCUT2D eigenvalue weighted by atomic mass is 10.1. The number of nitrogens with zero attached hydrogens (tertiary/aromatic N) is 2. The van der Waals surface area contributed by atoms with Gasteiger partial charge in [0.05, 0.1) is 18.5 Å². The molecule has 1 aromatic heterocycles. The van der Waals surface area contributed by atoms with Crippen molar-refractivity contribution in [3.05, 3.63) is 35.8 Å². The number of aryl methyl sites for hydroxylation is 1. The van der Waals surface area contributed by atoms with Crippen LogP contribution in [0.3, 0.4) is 0 Å². The molecule has 0 aliphatic heterocycles. The van der Waals surface area contributed by atoms with E-state index in [-0.39, 0.29) is 0 Å². The van der Waals surface area contributed by atoms with Gasteiger partial charge in [-0.25, -0.2) is 4.98 Å². The largest absolute Gasteiger partial charge is 0.497 e. The SMILES string of the molecule is CNCc1nc(C)n(C)c1-c1cccc(OC)c1. The number of imidazole rings is 1. The second-order valence-electron chi connectivity index (χ2n) is 4.28. The zero-order chi connectivity index (χ0) is 13.1. The third-order valence-corrected chi connectivity index (χ3v) is 3.08. The molecular weight excluding hydrogens is 226 g/mol. The summed E-state index contributed by atoms with van der Waals surface area (Å²) in [6.45, 7) is 2.77. The number of hydrogen-bond donors (Lipinski definition) is 1. The lowest BCUT2D eigenvalue weighted by molar-refractivity contribution is 0.415. The molecular formula is C14H19N3O. The molecule has 0 aliphatic rings. The van der Waals surface area contributed by atoms with E-state index in [1.165, 1.54) is 0 Å². The number of aromatic nitrogens is 2. The molecule has 0 aliphatic carbocycles. The molecule has 2 aromatic rings. The minimum atomic E-state index is 0.758. The highest BCUT2D eigenvalue weighted by Crippen LogP contribution is 2.27. The summed E-state index contributed by atoms with van der Waals surface area (Å²) in [5, 5.41) is 3.16. The highest BCUT2D eigenvalue weighted by atomic mass is 16.5. The first-order valence-corrected chi connectivity index (χ1v) is 5.98. The summed E-state index contributed by atoms with van der Waals surface area (Å²) in [4.78, 5) is 4.59. The number of rotatable bonds is 4. The number of benzene rings is 1. The minimum Gasteiger partial charge on any atom is -0.497 e. The van der Waals surface area contributed by atoms with Crippen LogP contribution in [0.5, 0.6) is 5.75 Å². The summed E-state index contributed by atoms with van der Waals surface area (Å²) in [7, 11) is 5.65. The lowest BCUT2D eigenvalue weighted by Gasteiger charge is -2.08. The van der Waals surface area contributed by atoms with Gasteiger partial charge >= 0.3 is 0 Å². The van der Waals surface area contributed by atoms with E-state index >= 15 is 0 Å². The van der Waals surface area contributed by atoms with Crippen LogP contribution in [0, 0.1) is 6.92 Å². The molecule has 4 heteroatoms. The third-order valence-electron chi connectivity index (χ3n) is 3.08. The summed E-state index contributed by atoms with van der Waals surface area (Å²) in [6, 6.07) is 8.07. The Bertz CT molecular complexity index is 546. The van der Waals surface area contributed by atoms with Crippen molar-refractivity contribution in [2.45, 2.75) is 13.5 Å². The molecule has 1 aromatic carbocycles. The first kappa shape index (κ1) is 12.6. The molecule has 2 rings (SSSR count). The van der Waals surface area contributed by atoms with Gasteiger partial charge in [-0.2, -0.15) is 0 Å². The fourth-order valence-electron chi connectivity index (χ4n) is 2.10. The highest BCUT2D eigenvalue weighted by molar-refractivity contribution is 5.64. The molecule has 4 nitrogen and oxygen atoms in total. The van der Waals surface area contributed by atoms with E-state index in [1.54, 1.807) is 7.11 Å². The summed E-state index contributed by atoms with van der Waals surface area (Å²) in [5.74, 6) is 1.87. The first-order valence-electron chi connectivity index (χ1n) is 5.98. The van der Waals surface area contributed by atoms with Crippen LogP contribution in [0.2, 0.25) is 0 Å². The van der Waals surface area contributed by atoms with Crippen LogP contribution < -0.4 is 10.1 Å². The Hall–Kier alpha value is -1.81. The van der Waals surface area contributed by atoms with Crippen molar-refractivity contribution in [1.82, 2.24) is 14.9 Å². The lowest BCUT2D eigenvalue weighted by Crippen LogP contribution is -2.07. The van der Waals surface area contributed by atoms with Gasteiger partial charge in [0.1, 0.15) is 11.6 Å². The van der Waals surface area contributed by atoms with Crippen molar-refractivity contribution in [1.29, 1.82) is 0 Å². The summed E-state index contributed by atoms with van der Waals surface area (Å²) in [6.07, 6.45) is 0. The second kappa shape index (κ2) is 5.23. The first-order chi connectivity index (χ1) is 8.67. The Balaban J connectivity index is 2.54. The molecule has 0 bridgehead atoms. The average Bonchev–Trinajstić information content (AvgIpc) is 2.65. The van der Waals surface area contributed by atoms with E-state index in [2.05, 4.69) is 20.9 Å². The quantitative estimate of drug-likeness (QED) is 0.896. The molecule has 0 spiro atoms. The van der Waals surface area contributed by atoms with Crippen molar-refractivity contribution < 1.29 is 4.74 Å². The molecule has 0 unspecified atom stereocenters. The maximum absolute atomic E-state index is 5.28. The van der Waals surface area contributed by atoms with E-state index in [0.717, 1.165) is 35.1 Å². The average molecular weight is 245 g/mol. The summed E-state index contributed by atoms with van der Waals surface area (Å²) < 4.78 is 7.39. The zero-order valence-electron chi connectivity index (χ0n) is 11.3. The van der Waals surface area contributed by atoms with Crippen molar-refractivity contribution in [3.63, 3.8) is 0 Å². The van der Waals surface area contributed by atoms with Crippen LogP contribution in [0.1, 0.15) is 11.5 Å². The Morgan fingerprint density at radius 2 is 2.17 bits per heavy atom. The maximum atomic E-state index is 5.28. The predicted octanol–water partition coefficient (Wildman–Crippen LogP) is 2.12. The van der Waals surface area contributed by atoms with Gasteiger partial charge in [0, 0.05) is 19.2 Å². The van der Waals surface area contributed by atoms with Crippen LogP contribution in [0.25, 0.3) is 11.3 Å². The number of ether oxygens (including phenoxy) is 1. The molecule has 96 valence electrons. The Morgan fingerprint density at radius 3 is 2.83 bits per heavy atom. The fraction of sp³-hybridized carbons (Fsp3) is 0.357. The molecule has 0 fully saturated rings. The van der Waals surface area contributed by atoms with Gasteiger partial charge in [-0.1, -0.05) is 12.1 Å². The summed E-state index contributed by atoms with van der Waals surface area (Å²) >= 11 is 0. The van der Waals surface area contributed by atoms with Crippen molar-refractivity contribution >= 4 is 0 Å². The molecule has 18 heavy (non-hydrogen) atoms. The Kier molecular flexibility index (Phi) is 3.67. The topological polar surface area (TPSA) is 39.1 Å². The second-order valence-corrected chi connectivity index (χ2v) is 4.28. The van der Waals surface area contributed by atoms with Gasteiger partial charge in [0.15, 0.2) is 0 Å². The molecule has 0 atom stereocenters. The Labute approximate surface area is 108 Å². The van der Waals surface area contributed by atoms with Crippen molar-refractivity contribution in [2.24, 2.45) is 7.05 Å². The van der Waals surface area contributed by atoms with E-state index in [9.17, 15) is 0 Å². The van der Waals surface area contributed by atoms with E-state index in [4.69, 9.17) is 4.74 Å². The van der Waals surface area contributed by atoms with Crippen LogP contribution in [-0.2, 0) is 13.6 Å². The van der Waals surface area contributed by atoms with E-state index in [1.807, 2.05) is 39.2 Å². The minimum absolute atomic E-state index is 0.758. The van der Waals surface area contributed by atoms with Crippen LogP contribution in [0.15, 0.2) is 24.3 Å². The molecule has 0 amide bonds. The van der Waals surface area contributed by atoms with E-state index < -0.39 is 0 Å². The molecule has 0 saturated heterocycles. The number of hydrogen-bond acceptors (Lipinski definition) is 3. The maximum Gasteiger partial charge on any atom is 0.119 e. The zero-order valence-corrected chi connectivity index (χ0v) is 11.3. The third kappa shape index (κ3) is 2.24. The molecule has 1 heterocycles. The fourth-order valence-corrected chi connectivity index (χ4v) is 2.10. The normalized spacial score (nSPS) is 10.7. The van der Waals surface area contributed by atoms with Gasteiger partial charge in [0.2, 0.25) is 0 Å². The van der Waals surface area contributed by atoms with Crippen molar-refractivity contribution in [2.75, 3.05) is 14.2 Å². The van der Waals surface area contributed by atoms with Crippen LogP contribution in [0.4, 0.5) is 0 Å². The predicted molar refractivity (Wildman–Crippen MR) is 72.7 cm³/mol. The van der Waals surface area contributed by atoms with Gasteiger partial charge in [-0.05, 0) is 26.1 Å². The van der Waals surface area contributed by atoms with Gasteiger partial charge < -0.3 is 14.6 Å². The summed E-state index contributed by atoms with van der Waals surface area (Å²) in [5.41, 5.74) is 3.33. The van der Waals surface area contributed by atoms with Gasteiger partial charge in [-0.15, -0.1) is 0 Å². The monoisotopic (exact) mass is 245 g/mol. The smallest absolute Gasteiger partial charge is 0.119 e.